The molecule has 0 fully saturated rings. The molecule has 0 heterocycles. The first kappa shape index (κ1) is 28.8. The molecule has 129 valence electrons. The van der Waals surface area contributed by atoms with Gasteiger partial charge in [-0.05, 0) is 0 Å². The Morgan fingerprint density at radius 2 is 0.545 bits per heavy atom. The third kappa shape index (κ3) is 21.0. The Balaban J connectivity index is -0.000000108. The van der Waals surface area contributed by atoms with E-state index >= 15 is 0 Å². The summed E-state index contributed by atoms with van der Waals surface area (Å²) in [5.41, 5.74) is 0. The zero-order chi connectivity index (χ0) is 18.2. The molecule has 22 heavy (non-hydrogen) atoms. The molecule has 0 aliphatic rings. The van der Waals surface area contributed by atoms with Crippen LogP contribution in [0, 0.1) is 0 Å². The molecule has 0 aliphatic heterocycles. The van der Waals surface area contributed by atoms with Crippen molar-refractivity contribution in [2.75, 3.05) is 0 Å². The van der Waals surface area contributed by atoms with E-state index in [4.69, 9.17) is 29.7 Å². The second-order valence-corrected chi connectivity index (χ2v) is 2.41. The molecule has 0 amide bonds. The summed E-state index contributed by atoms with van der Waals surface area (Å²) < 4.78 is 95.2. The minimum atomic E-state index is -5.08. The smallest absolute Gasteiger partial charge is 0.475 e. The van der Waals surface area contributed by atoms with Crippen LogP contribution in [0.5, 0.6) is 0 Å². The minimum Gasteiger partial charge on any atom is -0.475 e. The summed E-state index contributed by atoms with van der Waals surface area (Å²) in [7, 11) is 0. The van der Waals surface area contributed by atoms with E-state index in [9.17, 15) is 39.5 Å². The Kier molecular flexibility index (Phi) is 13.6. The molecule has 0 saturated carbocycles. The zero-order valence-electron chi connectivity index (χ0n) is 9.55. The number of aliphatic carboxylic acids is 3. The van der Waals surface area contributed by atoms with Crippen LogP contribution in [-0.2, 0) is 40.2 Å². The molecule has 0 unspecified atom stereocenters. The summed E-state index contributed by atoms with van der Waals surface area (Å²) in [5.74, 6) is -8.27. The van der Waals surface area contributed by atoms with Gasteiger partial charge in [-0.15, -0.1) is 0 Å². The molecular weight excluding hydrogens is 384 g/mol. The molecule has 0 aromatic carbocycles. The largest absolute Gasteiger partial charge is 0.490 e. The fourth-order valence-electron chi connectivity index (χ4n) is 0. The Hall–Kier alpha value is -1.35. The second kappa shape index (κ2) is 10.4. The maximum absolute atomic E-state index is 10.6. The molecule has 0 aromatic heterocycles. The third-order valence-electron chi connectivity index (χ3n) is 0.728. The van der Waals surface area contributed by atoms with Crippen LogP contribution in [0.2, 0.25) is 0 Å². The number of halogens is 9. The molecule has 0 rings (SSSR count). The molecule has 0 spiro atoms. The van der Waals surface area contributed by atoms with Gasteiger partial charge in [0.05, 0.1) is 0 Å². The Morgan fingerprint density at radius 3 is 0.545 bits per heavy atom. The van der Waals surface area contributed by atoms with Crippen molar-refractivity contribution in [3.8, 4) is 0 Å². The van der Waals surface area contributed by atoms with Crippen molar-refractivity contribution >= 4 is 17.9 Å². The molecule has 16 heteroatoms. The van der Waals surface area contributed by atoms with E-state index in [1.165, 1.54) is 0 Å². The van der Waals surface area contributed by atoms with Crippen molar-refractivity contribution in [2.45, 2.75) is 18.5 Å². The van der Waals surface area contributed by atoms with Crippen LogP contribution in [0.1, 0.15) is 0 Å². The fourth-order valence-corrected chi connectivity index (χ4v) is 0. The standard InChI is InChI=1S/3C2HF3O2.Sc/c3*3-2(4,5)1(6)7;/h3*(H,6,7);. The molecule has 0 aromatic rings. The van der Waals surface area contributed by atoms with Crippen LogP contribution >= 0.6 is 0 Å². The first-order chi connectivity index (χ1) is 8.83. The monoisotopic (exact) mass is 387 g/mol. The summed E-state index contributed by atoms with van der Waals surface area (Å²) in [6, 6.07) is 0. The first-order valence-corrected chi connectivity index (χ1v) is 3.73. The summed E-state index contributed by atoms with van der Waals surface area (Å²) in [6.45, 7) is 0. The normalized spacial score (nSPS) is 10.8. The van der Waals surface area contributed by atoms with Crippen LogP contribution < -0.4 is 0 Å². The van der Waals surface area contributed by atoms with Crippen molar-refractivity contribution in [2.24, 2.45) is 0 Å². The molecule has 0 bridgehead atoms. The van der Waals surface area contributed by atoms with Crippen molar-refractivity contribution in [1.29, 1.82) is 0 Å². The van der Waals surface area contributed by atoms with E-state index < -0.39 is 36.4 Å². The third-order valence-corrected chi connectivity index (χ3v) is 0.728. The fraction of sp³-hybridized carbons (Fsp3) is 0.500. The number of hydrogen-bond donors (Lipinski definition) is 3. The van der Waals surface area contributed by atoms with Gasteiger partial charge in [-0.25, -0.2) is 14.4 Å². The predicted octanol–water partition coefficient (Wildman–Crippen LogP) is 1.90. The van der Waals surface area contributed by atoms with Gasteiger partial charge in [0.25, 0.3) is 0 Å². The molecule has 1 radical (unpaired) electrons. The summed E-state index contributed by atoms with van der Waals surface area (Å²) in [6.07, 6.45) is -15.3. The SMILES string of the molecule is O=C(O)C(F)(F)F.O=C(O)C(F)(F)F.O=C(O)C(F)(F)F.[Sc]. The van der Waals surface area contributed by atoms with Crippen LogP contribution in [0.4, 0.5) is 39.5 Å². The first-order valence-electron chi connectivity index (χ1n) is 3.73. The molecule has 3 N–H and O–H groups in total. The topological polar surface area (TPSA) is 112 Å². The van der Waals surface area contributed by atoms with Crippen molar-refractivity contribution in [3.63, 3.8) is 0 Å². The number of carboxylic acids is 3. The van der Waals surface area contributed by atoms with Gasteiger partial charge in [0.1, 0.15) is 0 Å². The van der Waals surface area contributed by atoms with Crippen LogP contribution in [-0.4, -0.2) is 51.8 Å². The molecule has 0 saturated heterocycles. The maximum atomic E-state index is 10.6. The van der Waals surface area contributed by atoms with Crippen molar-refractivity contribution < 1.29 is 95.1 Å². The van der Waals surface area contributed by atoms with Crippen LogP contribution in [0.15, 0.2) is 0 Å². The minimum absolute atomic E-state index is 0. The van der Waals surface area contributed by atoms with E-state index in [0.717, 1.165) is 0 Å². The molecule has 0 atom stereocenters. The van der Waals surface area contributed by atoms with Gasteiger partial charge in [-0.1, -0.05) is 0 Å². The van der Waals surface area contributed by atoms with Gasteiger partial charge in [0, 0.05) is 25.8 Å². The average molecular weight is 387 g/mol. The number of rotatable bonds is 0. The molecular formula is C6H3F9O6Sc. The van der Waals surface area contributed by atoms with Crippen molar-refractivity contribution in [1.82, 2.24) is 0 Å². The number of hydrogen-bond acceptors (Lipinski definition) is 3. The quantitative estimate of drug-likeness (QED) is 0.548. The Morgan fingerprint density at radius 1 is 0.500 bits per heavy atom. The predicted molar refractivity (Wildman–Crippen MR) is 41.1 cm³/mol. The molecule has 6 nitrogen and oxygen atoms in total. The van der Waals surface area contributed by atoms with E-state index in [1.54, 1.807) is 0 Å². The summed E-state index contributed by atoms with van der Waals surface area (Å²) in [5, 5.41) is 21.4. The summed E-state index contributed by atoms with van der Waals surface area (Å²) >= 11 is 0. The van der Waals surface area contributed by atoms with Gasteiger partial charge in [0.15, 0.2) is 0 Å². The van der Waals surface area contributed by atoms with Crippen LogP contribution in [0.25, 0.3) is 0 Å². The zero-order valence-corrected chi connectivity index (χ0v) is 11.3. The second-order valence-electron chi connectivity index (χ2n) is 2.41. The Bertz CT molecular complexity index is 313. The van der Waals surface area contributed by atoms with Gasteiger partial charge >= 0.3 is 36.4 Å². The maximum Gasteiger partial charge on any atom is 0.490 e. The molecule has 0 aliphatic carbocycles. The van der Waals surface area contributed by atoms with E-state index in [1.807, 2.05) is 0 Å². The van der Waals surface area contributed by atoms with E-state index in [2.05, 4.69) is 0 Å². The van der Waals surface area contributed by atoms with Gasteiger partial charge in [0.2, 0.25) is 0 Å². The van der Waals surface area contributed by atoms with E-state index in [0.29, 0.717) is 0 Å². The van der Waals surface area contributed by atoms with Gasteiger partial charge in [-0.2, -0.15) is 39.5 Å². The average Bonchev–Trinajstić information content (AvgIpc) is 2.14. The number of carboxylic acid groups (broad SMARTS) is 3. The summed E-state index contributed by atoms with van der Waals surface area (Å²) in [4.78, 5) is 26.7. The van der Waals surface area contributed by atoms with Gasteiger partial charge in [-0.3, -0.25) is 0 Å². The van der Waals surface area contributed by atoms with Crippen LogP contribution in [0.3, 0.4) is 0 Å². The number of carbonyl (C=O) groups is 3. The number of alkyl halides is 9. The Labute approximate surface area is 132 Å². The van der Waals surface area contributed by atoms with Gasteiger partial charge < -0.3 is 15.3 Å². The van der Waals surface area contributed by atoms with Crippen molar-refractivity contribution in [3.05, 3.63) is 0 Å². The van der Waals surface area contributed by atoms with E-state index in [-0.39, 0.29) is 25.8 Å².